The van der Waals surface area contributed by atoms with Gasteiger partial charge in [-0.15, -0.1) is 11.8 Å². The van der Waals surface area contributed by atoms with E-state index in [2.05, 4.69) is 6.08 Å². The maximum absolute atomic E-state index is 12.3. The van der Waals surface area contributed by atoms with Crippen LogP contribution in [0.15, 0.2) is 11.6 Å². The molecule has 3 heteroatoms. The second-order valence-electron chi connectivity index (χ2n) is 4.48. The highest BCUT2D eigenvalue weighted by molar-refractivity contribution is 8.07. The van der Waals surface area contributed by atoms with Crippen molar-refractivity contribution in [1.29, 1.82) is 0 Å². The Labute approximate surface area is 107 Å². The van der Waals surface area contributed by atoms with E-state index in [1.165, 1.54) is 31.4 Å². The quantitative estimate of drug-likeness (QED) is 0.750. The number of Topliss-reactive ketones (excluding diaryl/α,β-unsaturated/α-hetero) is 1. The zero-order valence-corrected chi connectivity index (χ0v) is 11.4. The first-order chi connectivity index (χ1) is 7.88. The van der Waals surface area contributed by atoms with E-state index >= 15 is 0 Å². The number of rotatable bonds is 2. The molecule has 1 aliphatic heterocycles. The van der Waals surface area contributed by atoms with Crippen molar-refractivity contribution < 1.29 is 4.79 Å². The lowest BCUT2D eigenvalue weighted by atomic mass is 9.96. The molecule has 0 saturated carbocycles. The van der Waals surface area contributed by atoms with Crippen molar-refractivity contribution in [1.82, 2.24) is 0 Å². The number of hydrogen-bond donors (Lipinski definition) is 0. The van der Waals surface area contributed by atoms with E-state index < -0.39 is 0 Å². The molecule has 0 bridgehead atoms. The second kappa shape index (κ2) is 6.75. The minimum Gasteiger partial charge on any atom is -0.293 e. The van der Waals surface area contributed by atoms with Crippen LogP contribution in [0, 0.1) is 0 Å². The summed E-state index contributed by atoms with van der Waals surface area (Å²) < 4.78 is 0. The minimum atomic E-state index is 0.254. The Kier molecular flexibility index (Phi) is 5.30. The van der Waals surface area contributed by atoms with Gasteiger partial charge in [0.15, 0.2) is 5.78 Å². The Morgan fingerprint density at radius 2 is 2.06 bits per heavy atom. The first-order valence-corrected chi connectivity index (χ1v) is 8.51. The molecule has 0 spiro atoms. The molecule has 0 aromatic heterocycles. The van der Waals surface area contributed by atoms with Gasteiger partial charge in [-0.05, 0) is 31.3 Å². The van der Waals surface area contributed by atoms with Crippen LogP contribution in [-0.4, -0.2) is 28.3 Å². The third kappa shape index (κ3) is 3.56. The van der Waals surface area contributed by atoms with Gasteiger partial charge in [-0.1, -0.05) is 18.9 Å². The predicted octanol–water partition coefficient (Wildman–Crippen LogP) is 3.68. The van der Waals surface area contributed by atoms with Gasteiger partial charge in [-0.3, -0.25) is 4.79 Å². The lowest BCUT2D eigenvalue weighted by Gasteiger charge is -2.21. The molecule has 2 rings (SSSR count). The Hall–Kier alpha value is 0.110. The largest absolute Gasteiger partial charge is 0.293 e. The van der Waals surface area contributed by atoms with E-state index in [-0.39, 0.29) is 5.25 Å². The van der Waals surface area contributed by atoms with Gasteiger partial charge in [0.05, 0.1) is 5.25 Å². The molecule has 0 radical (unpaired) electrons. The minimum absolute atomic E-state index is 0.254. The molecule has 0 aromatic carbocycles. The van der Waals surface area contributed by atoms with Crippen molar-refractivity contribution in [3.05, 3.63) is 11.6 Å². The maximum atomic E-state index is 12.3. The van der Waals surface area contributed by atoms with E-state index in [1.54, 1.807) is 0 Å². The molecule has 2 aliphatic rings. The summed E-state index contributed by atoms with van der Waals surface area (Å²) in [5, 5.41) is 0.254. The highest BCUT2D eigenvalue weighted by Crippen LogP contribution is 2.28. The Balaban J connectivity index is 1.95. The molecule has 1 fully saturated rings. The van der Waals surface area contributed by atoms with E-state index in [1.807, 2.05) is 23.5 Å². The van der Waals surface area contributed by atoms with Gasteiger partial charge in [0.1, 0.15) is 0 Å². The second-order valence-corrected chi connectivity index (χ2v) is 6.94. The monoisotopic (exact) mass is 256 g/mol. The van der Waals surface area contributed by atoms with Gasteiger partial charge in [0, 0.05) is 17.3 Å². The van der Waals surface area contributed by atoms with Crippen LogP contribution in [0.4, 0.5) is 0 Å². The summed E-state index contributed by atoms with van der Waals surface area (Å²) in [6.07, 6.45) is 9.49. The molecule has 1 aliphatic carbocycles. The first-order valence-electron chi connectivity index (χ1n) is 6.30. The van der Waals surface area contributed by atoms with Crippen LogP contribution in [-0.2, 0) is 4.79 Å². The smallest absolute Gasteiger partial charge is 0.172 e. The highest BCUT2D eigenvalue weighted by atomic mass is 32.2. The third-order valence-electron chi connectivity index (χ3n) is 3.22. The molecule has 0 amide bonds. The van der Waals surface area contributed by atoms with Crippen molar-refractivity contribution in [2.24, 2.45) is 0 Å². The molecule has 0 N–H and O–H groups in total. The average molecular weight is 256 g/mol. The Morgan fingerprint density at radius 1 is 1.19 bits per heavy atom. The van der Waals surface area contributed by atoms with Gasteiger partial charge in [0.25, 0.3) is 0 Å². The molecule has 1 atom stereocenters. The summed E-state index contributed by atoms with van der Waals surface area (Å²) in [4.78, 5) is 12.3. The summed E-state index contributed by atoms with van der Waals surface area (Å²) in [5.74, 6) is 3.84. The Morgan fingerprint density at radius 3 is 2.88 bits per heavy atom. The fourth-order valence-electron chi connectivity index (χ4n) is 2.26. The molecule has 1 unspecified atom stereocenters. The van der Waals surface area contributed by atoms with E-state index in [0.29, 0.717) is 5.78 Å². The summed E-state index contributed by atoms with van der Waals surface area (Å²) >= 11 is 3.80. The lowest BCUT2D eigenvalue weighted by molar-refractivity contribution is -0.114. The third-order valence-corrected chi connectivity index (χ3v) is 5.97. The van der Waals surface area contributed by atoms with Crippen LogP contribution in [0.5, 0.6) is 0 Å². The van der Waals surface area contributed by atoms with Crippen molar-refractivity contribution in [3.8, 4) is 0 Å². The van der Waals surface area contributed by atoms with Gasteiger partial charge >= 0.3 is 0 Å². The topological polar surface area (TPSA) is 17.1 Å². The number of hydrogen-bond acceptors (Lipinski definition) is 3. The molecule has 1 nitrogen and oxygen atoms in total. The summed E-state index contributed by atoms with van der Waals surface area (Å²) in [7, 11) is 0. The van der Waals surface area contributed by atoms with Crippen LogP contribution in [0.1, 0.15) is 38.5 Å². The molecule has 16 heavy (non-hydrogen) atoms. The van der Waals surface area contributed by atoms with E-state index in [0.717, 1.165) is 29.9 Å². The van der Waals surface area contributed by atoms with Gasteiger partial charge in [-0.25, -0.2) is 0 Å². The van der Waals surface area contributed by atoms with Gasteiger partial charge < -0.3 is 0 Å². The first kappa shape index (κ1) is 12.6. The van der Waals surface area contributed by atoms with Crippen molar-refractivity contribution >= 4 is 29.3 Å². The molecule has 90 valence electrons. The van der Waals surface area contributed by atoms with Crippen molar-refractivity contribution in [2.45, 2.75) is 43.8 Å². The van der Waals surface area contributed by atoms with Crippen molar-refractivity contribution in [2.75, 3.05) is 17.3 Å². The SMILES string of the molecule is O=C(C1=CCCCCCC1)C1CSCCS1. The van der Waals surface area contributed by atoms with Crippen LogP contribution in [0.2, 0.25) is 0 Å². The predicted molar refractivity (Wildman–Crippen MR) is 74.4 cm³/mol. The standard InChI is InChI=1S/C13H20OS2/c14-13(12-10-15-8-9-16-12)11-6-4-2-1-3-5-7-11/h6,12H,1-5,7-10H2. The number of carbonyl (C=O) groups excluding carboxylic acids is 1. The van der Waals surface area contributed by atoms with Crippen LogP contribution in [0.25, 0.3) is 0 Å². The van der Waals surface area contributed by atoms with Crippen molar-refractivity contribution in [3.63, 3.8) is 0 Å². The highest BCUT2D eigenvalue weighted by Gasteiger charge is 2.24. The number of ketones is 1. The zero-order chi connectivity index (χ0) is 11.2. The van der Waals surface area contributed by atoms with Gasteiger partial charge in [0.2, 0.25) is 0 Å². The molecule has 1 saturated heterocycles. The number of thioether (sulfide) groups is 2. The average Bonchev–Trinajstić information content (AvgIpc) is 2.29. The molecular formula is C13H20OS2. The fourth-order valence-corrected chi connectivity index (χ4v) is 4.91. The number of carbonyl (C=O) groups is 1. The Bertz CT molecular complexity index is 267. The van der Waals surface area contributed by atoms with Crippen LogP contribution in [0.3, 0.4) is 0 Å². The molecular weight excluding hydrogens is 236 g/mol. The molecule has 1 heterocycles. The van der Waals surface area contributed by atoms with Gasteiger partial charge in [-0.2, -0.15) is 11.8 Å². The lowest BCUT2D eigenvalue weighted by Crippen LogP contribution is -2.26. The zero-order valence-electron chi connectivity index (χ0n) is 9.74. The molecule has 0 aromatic rings. The number of allylic oxidation sites excluding steroid dienone is 2. The fraction of sp³-hybridized carbons (Fsp3) is 0.769. The van der Waals surface area contributed by atoms with Crippen LogP contribution >= 0.6 is 23.5 Å². The summed E-state index contributed by atoms with van der Waals surface area (Å²) in [6, 6.07) is 0. The maximum Gasteiger partial charge on any atom is 0.172 e. The normalized spacial score (nSPS) is 27.8. The summed E-state index contributed by atoms with van der Waals surface area (Å²) in [5.41, 5.74) is 1.14. The van der Waals surface area contributed by atoms with E-state index in [4.69, 9.17) is 0 Å². The van der Waals surface area contributed by atoms with E-state index in [9.17, 15) is 4.79 Å². The van der Waals surface area contributed by atoms with Crippen LogP contribution < -0.4 is 0 Å². The summed E-state index contributed by atoms with van der Waals surface area (Å²) in [6.45, 7) is 0.